The van der Waals surface area contributed by atoms with E-state index >= 15 is 0 Å². The highest BCUT2D eigenvalue weighted by Gasteiger charge is 2.16. The van der Waals surface area contributed by atoms with Gasteiger partial charge in [-0.05, 0) is 37.1 Å². The van der Waals surface area contributed by atoms with Gasteiger partial charge in [-0.15, -0.1) is 11.6 Å². The van der Waals surface area contributed by atoms with Crippen LogP contribution >= 0.6 is 23.2 Å². The molecular weight excluding hydrogens is 307 g/mol. The van der Waals surface area contributed by atoms with E-state index in [4.69, 9.17) is 23.2 Å². The Morgan fingerprint density at radius 3 is 2.76 bits per heavy atom. The van der Waals surface area contributed by atoms with Crippen molar-refractivity contribution in [3.8, 4) is 0 Å². The maximum absolute atomic E-state index is 6.25. The predicted molar refractivity (Wildman–Crippen MR) is 84.7 cm³/mol. The first-order valence-corrected chi connectivity index (χ1v) is 7.51. The van der Waals surface area contributed by atoms with E-state index in [0.29, 0.717) is 5.02 Å². The van der Waals surface area contributed by atoms with Crippen LogP contribution in [0.5, 0.6) is 0 Å². The van der Waals surface area contributed by atoms with Gasteiger partial charge >= 0.3 is 0 Å². The molecule has 3 aromatic rings. The molecular formula is C15H14Cl2N4. The molecule has 0 radical (unpaired) electrons. The summed E-state index contributed by atoms with van der Waals surface area (Å²) in [5.74, 6) is 0.815. The number of halogens is 2. The third-order valence-corrected chi connectivity index (χ3v) is 3.71. The molecule has 6 heteroatoms. The van der Waals surface area contributed by atoms with Gasteiger partial charge in [0.2, 0.25) is 0 Å². The molecule has 21 heavy (non-hydrogen) atoms. The van der Waals surface area contributed by atoms with Crippen LogP contribution in [-0.2, 0) is 13.0 Å². The lowest BCUT2D eigenvalue weighted by Gasteiger charge is -2.09. The average molecular weight is 321 g/mol. The lowest BCUT2D eigenvalue weighted by atomic mass is 10.2. The van der Waals surface area contributed by atoms with Gasteiger partial charge in [-0.25, -0.2) is 9.97 Å². The smallest absolute Gasteiger partial charge is 0.160 e. The van der Waals surface area contributed by atoms with Crippen LogP contribution in [0.2, 0.25) is 5.02 Å². The SMILES string of the molecule is CC(Cl)c1nc2cc(Cl)cnc2n1CCc1ccncc1. The second-order valence-corrected chi connectivity index (χ2v) is 5.93. The van der Waals surface area contributed by atoms with Crippen molar-refractivity contribution in [3.63, 3.8) is 0 Å². The van der Waals surface area contributed by atoms with E-state index in [1.54, 1.807) is 18.6 Å². The minimum atomic E-state index is -0.185. The fraction of sp³-hybridized carbons (Fsp3) is 0.267. The van der Waals surface area contributed by atoms with Crippen molar-refractivity contribution < 1.29 is 0 Å². The minimum absolute atomic E-state index is 0.185. The summed E-state index contributed by atoms with van der Waals surface area (Å²) in [5.41, 5.74) is 2.81. The van der Waals surface area contributed by atoms with Crippen LogP contribution in [0, 0.1) is 0 Å². The maximum atomic E-state index is 6.25. The van der Waals surface area contributed by atoms with E-state index in [1.807, 2.05) is 25.1 Å². The monoisotopic (exact) mass is 320 g/mol. The van der Waals surface area contributed by atoms with E-state index in [1.165, 1.54) is 5.56 Å². The fourth-order valence-corrected chi connectivity index (χ4v) is 2.64. The number of hydrogen-bond donors (Lipinski definition) is 0. The maximum Gasteiger partial charge on any atom is 0.160 e. The Morgan fingerprint density at radius 1 is 1.29 bits per heavy atom. The number of alkyl halides is 1. The fourth-order valence-electron chi connectivity index (χ4n) is 2.32. The first kappa shape index (κ1) is 14.3. The van der Waals surface area contributed by atoms with Gasteiger partial charge in [-0.3, -0.25) is 4.98 Å². The molecule has 1 unspecified atom stereocenters. The summed E-state index contributed by atoms with van der Waals surface area (Å²) in [6, 6.07) is 5.83. The Hall–Kier alpha value is -1.65. The first-order chi connectivity index (χ1) is 10.1. The summed E-state index contributed by atoms with van der Waals surface area (Å²) < 4.78 is 2.06. The summed E-state index contributed by atoms with van der Waals surface area (Å²) in [5, 5.41) is 0.394. The molecule has 0 aliphatic carbocycles. The van der Waals surface area contributed by atoms with E-state index < -0.39 is 0 Å². The summed E-state index contributed by atoms with van der Waals surface area (Å²) in [7, 11) is 0. The third kappa shape index (κ3) is 3.01. The molecule has 0 N–H and O–H groups in total. The highest BCUT2D eigenvalue weighted by molar-refractivity contribution is 6.31. The molecule has 0 fully saturated rings. The number of aryl methyl sites for hydroxylation is 2. The number of rotatable bonds is 4. The van der Waals surface area contributed by atoms with Gasteiger partial charge in [0.15, 0.2) is 5.65 Å². The summed E-state index contributed by atoms with van der Waals surface area (Å²) in [6.45, 7) is 2.68. The third-order valence-electron chi connectivity index (χ3n) is 3.31. The first-order valence-electron chi connectivity index (χ1n) is 6.70. The molecule has 0 bridgehead atoms. The lowest BCUT2D eigenvalue weighted by molar-refractivity contribution is 0.663. The predicted octanol–water partition coefficient (Wildman–Crippen LogP) is 4.02. The zero-order valence-electron chi connectivity index (χ0n) is 11.5. The van der Waals surface area contributed by atoms with Gasteiger partial charge in [0.05, 0.1) is 10.4 Å². The van der Waals surface area contributed by atoms with Crippen molar-refractivity contribution in [3.05, 3.63) is 53.2 Å². The van der Waals surface area contributed by atoms with E-state index in [0.717, 1.165) is 30.0 Å². The van der Waals surface area contributed by atoms with Crippen LogP contribution in [0.1, 0.15) is 23.7 Å². The second kappa shape index (κ2) is 6.00. The van der Waals surface area contributed by atoms with E-state index in [-0.39, 0.29) is 5.38 Å². The molecule has 0 spiro atoms. The zero-order valence-corrected chi connectivity index (χ0v) is 13.0. The number of fused-ring (bicyclic) bond motifs is 1. The number of hydrogen-bond acceptors (Lipinski definition) is 3. The summed E-state index contributed by atoms with van der Waals surface area (Å²) in [6.07, 6.45) is 6.10. The number of pyridine rings is 2. The van der Waals surface area contributed by atoms with Gasteiger partial charge in [-0.2, -0.15) is 0 Å². The Balaban J connectivity index is 1.97. The van der Waals surface area contributed by atoms with Crippen LogP contribution in [0.3, 0.4) is 0 Å². The van der Waals surface area contributed by atoms with E-state index in [2.05, 4.69) is 19.5 Å². The van der Waals surface area contributed by atoms with Gasteiger partial charge in [0.25, 0.3) is 0 Å². The second-order valence-electron chi connectivity index (χ2n) is 4.84. The minimum Gasteiger partial charge on any atom is -0.311 e. The molecule has 3 rings (SSSR count). The van der Waals surface area contributed by atoms with E-state index in [9.17, 15) is 0 Å². The van der Waals surface area contributed by atoms with Crippen molar-refractivity contribution >= 4 is 34.4 Å². The van der Waals surface area contributed by atoms with Gasteiger partial charge in [0.1, 0.15) is 11.3 Å². The van der Waals surface area contributed by atoms with Crippen molar-refractivity contribution in [2.75, 3.05) is 0 Å². The highest BCUT2D eigenvalue weighted by atomic mass is 35.5. The molecule has 0 saturated heterocycles. The summed E-state index contributed by atoms with van der Waals surface area (Å²) >= 11 is 12.2. The normalized spacial score (nSPS) is 12.7. The van der Waals surface area contributed by atoms with Gasteiger partial charge in [0, 0.05) is 25.1 Å². The molecule has 0 aromatic carbocycles. The molecule has 1 atom stereocenters. The van der Waals surface area contributed by atoms with Gasteiger partial charge < -0.3 is 4.57 Å². The number of aromatic nitrogens is 4. The number of nitrogens with zero attached hydrogens (tertiary/aromatic N) is 4. The molecule has 3 heterocycles. The lowest BCUT2D eigenvalue weighted by Crippen LogP contribution is -2.07. The quantitative estimate of drug-likeness (QED) is 0.682. The average Bonchev–Trinajstić information content (AvgIpc) is 2.84. The van der Waals surface area contributed by atoms with Crippen molar-refractivity contribution in [2.45, 2.75) is 25.3 Å². The van der Waals surface area contributed by atoms with Crippen LogP contribution in [0.15, 0.2) is 36.8 Å². The Bertz CT molecular complexity index is 753. The molecule has 0 amide bonds. The summed E-state index contributed by atoms with van der Waals surface area (Å²) in [4.78, 5) is 13.0. The molecule has 108 valence electrons. The largest absolute Gasteiger partial charge is 0.311 e. The Labute approximate surface area is 132 Å². The Kier molecular flexibility index (Phi) is 4.08. The van der Waals surface area contributed by atoms with Crippen LogP contribution in [0.4, 0.5) is 0 Å². The highest BCUT2D eigenvalue weighted by Crippen LogP contribution is 2.25. The topological polar surface area (TPSA) is 43.6 Å². The van der Waals surface area contributed by atoms with Gasteiger partial charge in [-0.1, -0.05) is 11.6 Å². The van der Waals surface area contributed by atoms with Crippen molar-refractivity contribution in [1.29, 1.82) is 0 Å². The van der Waals surface area contributed by atoms with Crippen molar-refractivity contribution in [2.24, 2.45) is 0 Å². The molecule has 4 nitrogen and oxygen atoms in total. The molecule has 0 saturated carbocycles. The number of imidazole rings is 1. The standard InChI is InChI=1S/C15H14Cl2N4/c1-10(16)14-20-13-8-12(17)9-19-15(13)21(14)7-4-11-2-5-18-6-3-11/h2-3,5-6,8-10H,4,7H2,1H3. The zero-order chi connectivity index (χ0) is 14.8. The van der Waals surface area contributed by atoms with Crippen LogP contribution in [0.25, 0.3) is 11.2 Å². The van der Waals surface area contributed by atoms with Crippen LogP contribution in [-0.4, -0.2) is 19.5 Å². The van der Waals surface area contributed by atoms with Crippen LogP contribution < -0.4 is 0 Å². The van der Waals surface area contributed by atoms with Crippen molar-refractivity contribution in [1.82, 2.24) is 19.5 Å². The molecule has 3 aromatic heterocycles. The molecule has 0 aliphatic heterocycles. The Morgan fingerprint density at radius 2 is 2.05 bits per heavy atom. The molecule has 0 aliphatic rings.